The SMILES string of the molecule is C=Cc1ccc(COCCc2ccc(N(c3ccc(COCc4ccc(N(c5ccc(CCOCc6ccc(C=C)cc6)cc5)c5ccc(-c6ccccc6)cc5)cc4)cc3)c3ccc(-c4ccccc4)cc3)cc2)cc1. The van der Waals surface area contributed by atoms with Crippen molar-refractivity contribution in [2.24, 2.45) is 0 Å². The minimum Gasteiger partial charge on any atom is -0.376 e. The van der Waals surface area contributed by atoms with E-state index in [0.717, 1.165) is 80.3 Å². The van der Waals surface area contributed by atoms with Crippen LogP contribution in [0, 0.1) is 0 Å². The van der Waals surface area contributed by atoms with Crippen molar-refractivity contribution < 1.29 is 14.2 Å². The summed E-state index contributed by atoms with van der Waals surface area (Å²) in [6, 6.07) is 90.4. The first kappa shape index (κ1) is 51.6. The second kappa shape index (κ2) is 26.1. The standard InChI is InChI=1S/C72H64N2O3/c1-3-55-15-19-59(20-16-55)51-75-49-47-57-23-35-67(36-24-57)73(71-43-31-65(32-44-71)63-11-7-5-8-12-63)69-39-27-61(28-40-69)53-77-54-62-29-41-70(42-30-62)74(72-45-33-66(34-46-72)64-13-9-6-10-14-64)68-37-25-58(26-38-68)48-50-76-52-60-21-17-56(4-2)18-22-60/h3-46H,1-2,47-54H2. The van der Waals surface area contributed by atoms with Crippen LogP contribution >= 0.6 is 0 Å². The van der Waals surface area contributed by atoms with E-state index in [1.165, 1.54) is 33.4 Å². The predicted molar refractivity (Wildman–Crippen MR) is 321 cm³/mol. The second-order valence-electron chi connectivity index (χ2n) is 19.2. The molecule has 10 aromatic rings. The van der Waals surface area contributed by atoms with E-state index in [1.54, 1.807) is 0 Å². The molecule has 0 spiro atoms. The van der Waals surface area contributed by atoms with Crippen molar-refractivity contribution in [3.8, 4) is 22.3 Å². The van der Waals surface area contributed by atoms with E-state index in [0.29, 0.717) is 39.6 Å². The van der Waals surface area contributed by atoms with Gasteiger partial charge in [0.05, 0.1) is 39.6 Å². The molecule has 0 atom stereocenters. The fourth-order valence-corrected chi connectivity index (χ4v) is 9.41. The Morgan fingerprint density at radius 2 is 0.506 bits per heavy atom. The van der Waals surface area contributed by atoms with Gasteiger partial charge in [-0.15, -0.1) is 0 Å². The van der Waals surface area contributed by atoms with E-state index < -0.39 is 0 Å². The number of rotatable bonds is 24. The smallest absolute Gasteiger partial charge is 0.0721 e. The molecule has 0 amide bonds. The molecule has 0 unspecified atom stereocenters. The van der Waals surface area contributed by atoms with Crippen LogP contribution in [0.3, 0.4) is 0 Å². The maximum absolute atomic E-state index is 6.38. The van der Waals surface area contributed by atoms with Gasteiger partial charge >= 0.3 is 0 Å². The van der Waals surface area contributed by atoms with Crippen LogP contribution in [-0.2, 0) is 53.5 Å². The molecule has 0 aliphatic carbocycles. The quantitative estimate of drug-likeness (QED) is 0.0564. The number of hydrogen-bond donors (Lipinski definition) is 0. The Morgan fingerprint density at radius 1 is 0.260 bits per heavy atom. The summed E-state index contributed by atoms with van der Waals surface area (Å²) in [4.78, 5) is 4.62. The summed E-state index contributed by atoms with van der Waals surface area (Å²) >= 11 is 0. The first-order valence-corrected chi connectivity index (χ1v) is 26.5. The van der Waals surface area contributed by atoms with Gasteiger partial charge < -0.3 is 24.0 Å². The van der Waals surface area contributed by atoms with Gasteiger partial charge in [0.1, 0.15) is 0 Å². The van der Waals surface area contributed by atoms with Crippen LogP contribution in [0.25, 0.3) is 34.4 Å². The Bertz CT molecular complexity index is 3160. The minimum atomic E-state index is 0.491. The summed E-state index contributed by atoms with van der Waals surface area (Å²) < 4.78 is 18.5. The largest absolute Gasteiger partial charge is 0.376 e. The second-order valence-corrected chi connectivity index (χ2v) is 19.2. The maximum Gasteiger partial charge on any atom is 0.0721 e. The highest BCUT2D eigenvalue weighted by Gasteiger charge is 2.16. The molecule has 0 N–H and O–H groups in total. The van der Waals surface area contributed by atoms with Crippen LogP contribution in [0.4, 0.5) is 34.1 Å². The van der Waals surface area contributed by atoms with Gasteiger partial charge in [0.25, 0.3) is 0 Å². The highest BCUT2D eigenvalue weighted by atomic mass is 16.5. The normalized spacial score (nSPS) is 11.0. The molecule has 0 fully saturated rings. The molecule has 5 nitrogen and oxygen atoms in total. The fraction of sp³-hybridized carbons (Fsp3) is 0.111. The maximum atomic E-state index is 6.38. The monoisotopic (exact) mass is 1000 g/mol. The van der Waals surface area contributed by atoms with Crippen LogP contribution in [0.2, 0.25) is 0 Å². The Hall–Kier alpha value is -8.84. The average molecular weight is 1010 g/mol. The van der Waals surface area contributed by atoms with Gasteiger partial charge in [-0.25, -0.2) is 0 Å². The van der Waals surface area contributed by atoms with Crippen LogP contribution in [0.1, 0.15) is 44.5 Å². The Kier molecular flexibility index (Phi) is 17.5. The first-order valence-electron chi connectivity index (χ1n) is 26.5. The van der Waals surface area contributed by atoms with Crippen molar-refractivity contribution in [1.29, 1.82) is 0 Å². The van der Waals surface area contributed by atoms with Crippen molar-refractivity contribution in [1.82, 2.24) is 0 Å². The van der Waals surface area contributed by atoms with E-state index >= 15 is 0 Å². The van der Waals surface area contributed by atoms with Gasteiger partial charge in [0.15, 0.2) is 0 Å². The lowest BCUT2D eigenvalue weighted by Gasteiger charge is -2.26. The van der Waals surface area contributed by atoms with Crippen LogP contribution in [0.5, 0.6) is 0 Å². The van der Waals surface area contributed by atoms with Gasteiger partial charge in [-0.1, -0.05) is 207 Å². The first-order chi connectivity index (χ1) is 38.0. The van der Waals surface area contributed by atoms with E-state index in [4.69, 9.17) is 14.2 Å². The van der Waals surface area contributed by atoms with Gasteiger partial charge in [0.2, 0.25) is 0 Å². The third-order valence-corrected chi connectivity index (χ3v) is 13.8. The number of ether oxygens (including phenoxy) is 3. The molecule has 77 heavy (non-hydrogen) atoms. The van der Waals surface area contributed by atoms with Crippen molar-refractivity contribution in [3.05, 3.63) is 312 Å². The molecule has 0 saturated carbocycles. The summed E-state index contributed by atoms with van der Waals surface area (Å²) in [6.07, 6.45) is 5.38. The molecule has 0 saturated heterocycles. The summed E-state index contributed by atoms with van der Waals surface area (Å²) in [5.41, 5.74) is 20.4. The van der Waals surface area contributed by atoms with Crippen LogP contribution < -0.4 is 9.80 Å². The molecule has 5 heteroatoms. The van der Waals surface area contributed by atoms with Gasteiger partial charge in [0, 0.05) is 34.1 Å². The molecule has 0 aromatic heterocycles. The Balaban J connectivity index is 0.791. The van der Waals surface area contributed by atoms with E-state index in [2.05, 4.69) is 278 Å². The fourth-order valence-electron chi connectivity index (χ4n) is 9.41. The molecule has 10 rings (SSSR count). The Labute approximate surface area is 455 Å². The van der Waals surface area contributed by atoms with Crippen LogP contribution in [0.15, 0.2) is 268 Å². The molecular weight excluding hydrogens is 941 g/mol. The highest BCUT2D eigenvalue weighted by Crippen LogP contribution is 2.38. The summed E-state index contributed by atoms with van der Waals surface area (Å²) in [5.74, 6) is 0. The van der Waals surface area contributed by atoms with Crippen molar-refractivity contribution in [2.45, 2.75) is 39.3 Å². The third-order valence-electron chi connectivity index (χ3n) is 13.8. The molecule has 10 aromatic carbocycles. The van der Waals surface area contributed by atoms with Crippen molar-refractivity contribution in [3.63, 3.8) is 0 Å². The predicted octanol–water partition coefficient (Wildman–Crippen LogP) is 18.5. The van der Waals surface area contributed by atoms with E-state index in [-0.39, 0.29) is 0 Å². The minimum absolute atomic E-state index is 0.491. The lowest BCUT2D eigenvalue weighted by molar-refractivity contribution is 0.107. The summed E-state index contributed by atoms with van der Waals surface area (Å²) in [7, 11) is 0. The third kappa shape index (κ3) is 13.9. The zero-order chi connectivity index (χ0) is 52.4. The van der Waals surface area contributed by atoms with Crippen molar-refractivity contribution in [2.75, 3.05) is 23.0 Å². The van der Waals surface area contributed by atoms with Crippen LogP contribution in [-0.4, -0.2) is 13.2 Å². The summed E-state index contributed by atoms with van der Waals surface area (Å²) in [6.45, 7) is 11.2. The lowest BCUT2D eigenvalue weighted by atomic mass is 10.0. The van der Waals surface area contributed by atoms with E-state index in [1.807, 2.05) is 12.2 Å². The van der Waals surface area contributed by atoms with Crippen molar-refractivity contribution >= 4 is 46.3 Å². The Morgan fingerprint density at radius 3 is 0.805 bits per heavy atom. The number of anilines is 6. The molecular formula is C72H64N2O3. The highest BCUT2D eigenvalue weighted by molar-refractivity contribution is 5.80. The number of hydrogen-bond acceptors (Lipinski definition) is 5. The van der Waals surface area contributed by atoms with Gasteiger partial charge in [-0.05, 0) is 152 Å². The van der Waals surface area contributed by atoms with Gasteiger partial charge in [-0.3, -0.25) is 0 Å². The zero-order valence-electron chi connectivity index (χ0n) is 43.6. The number of benzene rings is 10. The molecule has 380 valence electrons. The van der Waals surface area contributed by atoms with Gasteiger partial charge in [-0.2, -0.15) is 0 Å². The molecule has 0 radical (unpaired) electrons. The molecule has 0 bridgehead atoms. The topological polar surface area (TPSA) is 34.2 Å². The zero-order valence-corrected chi connectivity index (χ0v) is 43.6. The average Bonchev–Trinajstić information content (AvgIpc) is 3.50. The molecule has 0 heterocycles. The summed E-state index contributed by atoms with van der Waals surface area (Å²) in [5, 5.41) is 0. The number of nitrogens with zero attached hydrogens (tertiary/aromatic N) is 2. The molecule has 0 aliphatic heterocycles. The lowest BCUT2D eigenvalue weighted by Crippen LogP contribution is -2.10. The molecule has 0 aliphatic rings. The van der Waals surface area contributed by atoms with E-state index in [9.17, 15) is 0 Å².